The maximum Gasteiger partial charge on any atom is 0.326 e. The first-order valence-electron chi connectivity index (χ1n) is 8.68. The second-order valence-corrected chi connectivity index (χ2v) is 7.02. The predicted octanol–water partition coefficient (Wildman–Crippen LogP) is -0.889. The first-order valence-corrected chi connectivity index (χ1v) is 10.1. The molecule has 0 fully saturated rings. The van der Waals surface area contributed by atoms with Gasteiger partial charge in [0.25, 0.3) is 0 Å². The highest BCUT2D eigenvalue weighted by Gasteiger charge is 2.20. The fourth-order valence-electron chi connectivity index (χ4n) is 2.24. The van der Waals surface area contributed by atoms with E-state index in [2.05, 4.69) is 16.0 Å². The lowest BCUT2D eigenvalue weighted by Gasteiger charge is -2.15. The average molecular weight is 410 g/mol. The number of carbonyl (C=O) groups excluding carboxylic acids is 3. The van der Waals surface area contributed by atoms with Gasteiger partial charge in [0.15, 0.2) is 0 Å². The van der Waals surface area contributed by atoms with E-state index in [0.29, 0.717) is 12.2 Å². The quantitative estimate of drug-likeness (QED) is 0.300. The minimum Gasteiger partial charge on any atom is -0.480 e. The van der Waals surface area contributed by atoms with Crippen molar-refractivity contribution in [2.24, 2.45) is 5.73 Å². The number of carboxylic acid groups (broad SMARTS) is 1. The third-order valence-electron chi connectivity index (χ3n) is 3.75. The van der Waals surface area contributed by atoms with Gasteiger partial charge in [-0.05, 0) is 30.4 Å². The molecule has 0 aliphatic heterocycles. The van der Waals surface area contributed by atoms with Crippen molar-refractivity contribution in [3.63, 3.8) is 0 Å². The fourth-order valence-corrected chi connectivity index (χ4v) is 2.71. The van der Waals surface area contributed by atoms with E-state index in [9.17, 15) is 19.2 Å². The van der Waals surface area contributed by atoms with Gasteiger partial charge < -0.3 is 26.8 Å². The Balaban J connectivity index is 2.30. The Morgan fingerprint density at radius 2 is 1.71 bits per heavy atom. The molecule has 6 N–H and O–H groups in total. The lowest BCUT2D eigenvalue weighted by molar-refractivity contribution is -0.141. The molecule has 0 spiro atoms. The summed E-state index contributed by atoms with van der Waals surface area (Å²) in [7, 11) is 0. The molecule has 1 rings (SSSR count). The molecular formula is C18H26N4O5S. The van der Waals surface area contributed by atoms with Crippen molar-refractivity contribution in [2.45, 2.75) is 24.9 Å². The van der Waals surface area contributed by atoms with Crippen molar-refractivity contribution in [1.29, 1.82) is 0 Å². The molecule has 0 bridgehead atoms. The second kappa shape index (κ2) is 12.7. The van der Waals surface area contributed by atoms with Crippen LogP contribution in [0.2, 0.25) is 0 Å². The number of carbonyl (C=O) groups is 4. The van der Waals surface area contributed by atoms with Crippen LogP contribution in [0.4, 0.5) is 0 Å². The first-order chi connectivity index (χ1) is 13.3. The van der Waals surface area contributed by atoms with E-state index in [4.69, 9.17) is 10.8 Å². The standard InChI is InChI=1S/C18H26N4O5S/c1-28-8-7-14(18(26)27)22-16(24)11-20-15(23)10-21-17(25)13(19)9-12-5-3-2-4-6-12/h2-6,13-14H,7-11,19H2,1H3,(H,20,23)(H,21,25)(H,22,24)(H,26,27)/t13-,14-/m0/s1. The third kappa shape index (κ3) is 9.38. The molecule has 3 amide bonds. The van der Waals surface area contributed by atoms with Gasteiger partial charge in [0, 0.05) is 0 Å². The van der Waals surface area contributed by atoms with Crippen LogP contribution in [0.1, 0.15) is 12.0 Å². The topological polar surface area (TPSA) is 151 Å². The van der Waals surface area contributed by atoms with Gasteiger partial charge in [0.2, 0.25) is 17.7 Å². The van der Waals surface area contributed by atoms with Crippen LogP contribution in [0, 0.1) is 0 Å². The monoisotopic (exact) mass is 410 g/mol. The number of nitrogens with one attached hydrogen (secondary N) is 3. The largest absolute Gasteiger partial charge is 0.480 e. The summed E-state index contributed by atoms with van der Waals surface area (Å²) >= 11 is 1.47. The predicted molar refractivity (Wildman–Crippen MR) is 107 cm³/mol. The summed E-state index contributed by atoms with van der Waals surface area (Å²) in [5, 5.41) is 16.1. The zero-order valence-electron chi connectivity index (χ0n) is 15.6. The number of carboxylic acids is 1. The highest BCUT2D eigenvalue weighted by Crippen LogP contribution is 2.02. The lowest BCUT2D eigenvalue weighted by Crippen LogP contribution is -2.49. The summed E-state index contributed by atoms with van der Waals surface area (Å²) in [6.07, 6.45) is 2.45. The molecule has 10 heteroatoms. The van der Waals surface area contributed by atoms with Crippen LogP contribution >= 0.6 is 11.8 Å². The van der Waals surface area contributed by atoms with E-state index in [0.717, 1.165) is 5.56 Å². The Morgan fingerprint density at radius 3 is 2.32 bits per heavy atom. The minimum absolute atomic E-state index is 0.283. The van der Waals surface area contributed by atoms with Gasteiger partial charge in [-0.15, -0.1) is 0 Å². The molecule has 0 radical (unpaired) electrons. The summed E-state index contributed by atoms with van der Waals surface area (Å²) in [4.78, 5) is 46.6. The molecule has 9 nitrogen and oxygen atoms in total. The Labute approximate surface area is 167 Å². The summed E-state index contributed by atoms with van der Waals surface area (Å²) in [6, 6.07) is 7.43. The van der Waals surface area contributed by atoms with E-state index in [1.165, 1.54) is 11.8 Å². The third-order valence-corrected chi connectivity index (χ3v) is 4.39. The molecular weight excluding hydrogens is 384 g/mol. The molecule has 0 aromatic heterocycles. The lowest BCUT2D eigenvalue weighted by atomic mass is 10.1. The number of rotatable bonds is 12. The Hall–Kier alpha value is -2.59. The Morgan fingerprint density at radius 1 is 1.07 bits per heavy atom. The number of hydrogen-bond donors (Lipinski definition) is 5. The molecule has 2 atom stereocenters. The highest BCUT2D eigenvalue weighted by atomic mass is 32.2. The summed E-state index contributed by atoms with van der Waals surface area (Å²) in [5.74, 6) is -2.22. The van der Waals surface area contributed by atoms with E-state index < -0.39 is 35.8 Å². The van der Waals surface area contributed by atoms with E-state index in [-0.39, 0.29) is 19.5 Å². The van der Waals surface area contributed by atoms with Gasteiger partial charge in [-0.25, -0.2) is 4.79 Å². The van der Waals surface area contributed by atoms with Gasteiger partial charge in [0.1, 0.15) is 6.04 Å². The average Bonchev–Trinajstić information content (AvgIpc) is 2.68. The van der Waals surface area contributed by atoms with Crippen LogP contribution in [0.25, 0.3) is 0 Å². The van der Waals surface area contributed by atoms with Crippen LogP contribution in [0.3, 0.4) is 0 Å². The number of benzene rings is 1. The summed E-state index contributed by atoms with van der Waals surface area (Å²) < 4.78 is 0. The molecule has 1 aromatic rings. The van der Waals surface area contributed by atoms with Crippen molar-refractivity contribution < 1.29 is 24.3 Å². The number of hydrogen-bond acceptors (Lipinski definition) is 6. The van der Waals surface area contributed by atoms with Crippen molar-refractivity contribution >= 4 is 35.5 Å². The number of thioether (sulfide) groups is 1. The zero-order chi connectivity index (χ0) is 20.9. The smallest absolute Gasteiger partial charge is 0.326 e. The minimum atomic E-state index is -1.13. The van der Waals surface area contributed by atoms with Crippen LogP contribution in [0.15, 0.2) is 30.3 Å². The van der Waals surface area contributed by atoms with E-state index >= 15 is 0 Å². The van der Waals surface area contributed by atoms with E-state index in [1.807, 2.05) is 36.6 Å². The molecule has 0 unspecified atom stereocenters. The van der Waals surface area contributed by atoms with Crippen molar-refractivity contribution in [1.82, 2.24) is 16.0 Å². The van der Waals surface area contributed by atoms with Crippen LogP contribution in [-0.4, -0.2) is 66.0 Å². The summed E-state index contributed by atoms with van der Waals surface area (Å²) in [5.41, 5.74) is 6.72. The maximum absolute atomic E-state index is 11.9. The summed E-state index contributed by atoms with van der Waals surface area (Å²) in [6.45, 7) is -0.711. The highest BCUT2D eigenvalue weighted by molar-refractivity contribution is 7.98. The number of aliphatic carboxylic acids is 1. The number of amides is 3. The number of nitrogens with two attached hydrogens (primary N) is 1. The van der Waals surface area contributed by atoms with Gasteiger partial charge in [-0.1, -0.05) is 30.3 Å². The van der Waals surface area contributed by atoms with Gasteiger partial charge in [-0.3, -0.25) is 14.4 Å². The van der Waals surface area contributed by atoms with Gasteiger partial charge >= 0.3 is 5.97 Å². The van der Waals surface area contributed by atoms with Crippen molar-refractivity contribution in [3.05, 3.63) is 35.9 Å². The molecule has 0 heterocycles. The van der Waals surface area contributed by atoms with Crippen LogP contribution in [0.5, 0.6) is 0 Å². The molecule has 0 aliphatic rings. The molecule has 0 saturated carbocycles. The van der Waals surface area contributed by atoms with E-state index in [1.54, 1.807) is 0 Å². The maximum atomic E-state index is 11.9. The first kappa shape index (κ1) is 23.4. The fraction of sp³-hybridized carbons (Fsp3) is 0.444. The molecule has 0 aliphatic carbocycles. The Kier molecular flexibility index (Phi) is 10.7. The van der Waals surface area contributed by atoms with Crippen molar-refractivity contribution in [3.8, 4) is 0 Å². The zero-order valence-corrected chi connectivity index (χ0v) is 16.5. The van der Waals surface area contributed by atoms with Crippen LogP contribution in [-0.2, 0) is 25.6 Å². The molecule has 1 aromatic carbocycles. The molecule has 28 heavy (non-hydrogen) atoms. The SMILES string of the molecule is CSCC[C@H](NC(=O)CNC(=O)CNC(=O)[C@@H](N)Cc1ccccc1)C(=O)O. The van der Waals surface area contributed by atoms with Crippen molar-refractivity contribution in [2.75, 3.05) is 25.1 Å². The molecule has 154 valence electrons. The normalized spacial score (nSPS) is 12.5. The van der Waals surface area contributed by atoms with Crippen LogP contribution < -0.4 is 21.7 Å². The van der Waals surface area contributed by atoms with Gasteiger partial charge in [0.05, 0.1) is 19.1 Å². The van der Waals surface area contributed by atoms with Gasteiger partial charge in [-0.2, -0.15) is 11.8 Å². The second-order valence-electron chi connectivity index (χ2n) is 6.03. The molecule has 0 saturated heterocycles. The Bertz CT molecular complexity index is 671.